The van der Waals surface area contributed by atoms with E-state index in [2.05, 4.69) is 10.3 Å². The molecule has 4 nitrogen and oxygen atoms in total. The maximum absolute atomic E-state index is 13.1. The Kier molecular flexibility index (Phi) is 4.88. The molecule has 1 aromatic heterocycles. The topological polar surface area (TPSA) is 55.1 Å². The molecule has 128 valence electrons. The molecule has 0 unspecified atom stereocenters. The normalized spacial score (nSPS) is 10.7. The molecule has 0 spiro atoms. The highest BCUT2D eigenvalue weighted by molar-refractivity contribution is 5.91. The van der Waals surface area contributed by atoms with E-state index in [4.69, 9.17) is 4.42 Å². The van der Waals surface area contributed by atoms with E-state index in [-0.39, 0.29) is 24.0 Å². The first-order chi connectivity index (χ1) is 12.0. The maximum Gasteiger partial charge on any atom is 0.224 e. The highest BCUT2D eigenvalue weighted by Gasteiger charge is 2.10. The van der Waals surface area contributed by atoms with Crippen LogP contribution < -0.4 is 5.32 Å². The predicted molar refractivity (Wildman–Crippen MR) is 90.0 cm³/mol. The molecule has 0 radical (unpaired) electrons. The summed E-state index contributed by atoms with van der Waals surface area (Å²) in [6.45, 7) is 1.72. The number of hydrogen-bond donors (Lipinski definition) is 1. The molecule has 1 heterocycles. The highest BCUT2D eigenvalue weighted by atomic mass is 19.1. The van der Waals surface area contributed by atoms with Gasteiger partial charge in [0.25, 0.3) is 0 Å². The van der Waals surface area contributed by atoms with Gasteiger partial charge in [0.15, 0.2) is 11.7 Å². The molecule has 3 rings (SSSR count). The molecule has 0 aliphatic rings. The molecule has 0 aliphatic heterocycles. The van der Waals surface area contributed by atoms with Gasteiger partial charge in [0, 0.05) is 24.1 Å². The zero-order valence-corrected chi connectivity index (χ0v) is 13.6. The van der Waals surface area contributed by atoms with Crippen molar-refractivity contribution in [1.82, 2.24) is 4.98 Å². The van der Waals surface area contributed by atoms with Crippen LogP contribution in [0.15, 0.2) is 53.1 Å². The van der Waals surface area contributed by atoms with E-state index in [0.717, 1.165) is 0 Å². The van der Waals surface area contributed by atoms with Crippen molar-refractivity contribution < 1.29 is 18.0 Å². The number of carbonyl (C=O) groups excluding carboxylic acids is 1. The van der Waals surface area contributed by atoms with Crippen LogP contribution in [0.25, 0.3) is 11.3 Å². The molecule has 3 aromatic rings. The number of nitrogens with one attached hydrogen (secondary N) is 1. The van der Waals surface area contributed by atoms with Crippen LogP contribution in [0.3, 0.4) is 0 Å². The maximum atomic E-state index is 13.1. The van der Waals surface area contributed by atoms with Crippen molar-refractivity contribution in [3.63, 3.8) is 0 Å². The Balaban J connectivity index is 1.58. The summed E-state index contributed by atoms with van der Waals surface area (Å²) in [7, 11) is 0. The molecule has 0 bridgehead atoms. The summed E-state index contributed by atoms with van der Waals surface area (Å²) in [5.74, 6) is 0.0613. The summed E-state index contributed by atoms with van der Waals surface area (Å²) in [6.07, 6.45) is 2.05. The fourth-order valence-corrected chi connectivity index (χ4v) is 2.37. The lowest BCUT2D eigenvalue weighted by atomic mass is 10.2. The SMILES string of the molecule is Cc1cc(F)ccc1NC(=O)CCc1ncc(-c2ccc(F)cc2)o1. The van der Waals surface area contributed by atoms with Crippen LogP contribution in [0, 0.1) is 18.6 Å². The van der Waals surface area contributed by atoms with E-state index in [0.29, 0.717) is 34.9 Å². The monoisotopic (exact) mass is 342 g/mol. The zero-order chi connectivity index (χ0) is 17.8. The number of nitrogens with zero attached hydrogens (tertiary/aromatic N) is 1. The largest absolute Gasteiger partial charge is 0.441 e. The van der Waals surface area contributed by atoms with Crippen LogP contribution in [0.5, 0.6) is 0 Å². The minimum Gasteiger partial charge on any atom is -0.441 e. The number of amides is 1. The van der Waals surface area contributed by atoms with Crippen LogP contribution in [-0.2, 0) is 11.2 Å². The third-order valence-electron chi connectivity index (χ3n) is 3.71. The van der Waals surface area contributed by atoms with E-state index >= 15 is 0 Å². The van der Waals surface area contributed by atoms with E-state index in [1.165, 1.54) is 30.3 Å². The van der Waals surface area contributed by atoms with E-state index in [1.54, 1.807) is 25.3 Å². The van der Waals surface area contributed by atoms with E-state index in [9.17, 15) is 13.6 Å². The molecule has 6 heteroatoms. The summed E-state index contributed by atoms with van der Waals surface area (Å²) in [4.78, 5) is 16.2. The molecular weight excluding hydrogens is 326 g/mol. The van der Waals surface area contributed by atoms with Crippen LogP contribution in [0.1, 0.15) is 17.9 Å². The minimum atomic E-state index is -0.344. The van der Waals surface area contributed by atoms with Crippen LogP contribution in [0.4, 0.5) is 14.5 Å². The number of benzene rings is 2. The minimum absolute atomic E-state index is 0.181. The smallest absolute Gasteiger partial charge is 0.224 e. The second kappa shape index (κ2) is 7.25. The molecule has 1 N–H and O–H groups in total. The third kappa shape index (κ3) is 4.29. The summed E-state index contributed by atoms with van der Waals surface area (Å²) in [5, 5.41) is 2.74. The summed E-state index contributed by atoms with van der Waals surface area (Å²) < 4.78 is 31.6. The number of rotatable bonds is 5. The number of hydrogen-bond acceptors (Lipinski definition) is 3. The first-order valence-corrected chi connectivity index (χ1v) is 7.78. The van der Waals surface area contributed by atoms with E-state index < -0.39 is 0 Å². The van der Waals surface area contributed by atoms with Crippen molar-refractivity contribution in [2.24, 2.45) is 0 Å². The predicted octanol–water partition coefficient (Wildman–Crippen LogP) is 4.50. The molecule has 0 fully saturated rings. The number of halogens is 2. The lowest BCUT2D eigenvalue weighted by Gasteiger charge is -2.07. The Morgan fingerprint density at radius 3 is 2.56 bits per heavy atom. The molecule has 0 aliphatic carbocycles. The van der Waals surface area contributed by atoms with Crippen LogP contribution in [0.2, 0.25) is 0 Å². The van der Waals surface area contributed by atoms with Crippen LogP contribution in [-0.4, -0.2) is 10.9 Å². The van der Waals surface area contributed by atoms with Crippen LogP contribution >= 0.6 is 0 Å². The molecular formula is C19H16F2N2O2. The first kappa shape index (κ1) is 16.8. The fourth-order valence-electron chi connectivity index (χ4n) is 2.37. The van der Waals surface area contributed by atoms with Crippen molar-refractivity contribution in [3.8, 4) is 11.3 Å². The lowest BCUT2D eigenvalue weighted by Crippen LogP contribution is -2.13. The number of oxazole rings is 1. The first-order valence-electron chi connectivity index (χ1n) is 7.78. The molecule has 0 atom stereocenters. The molecule has 0 saturated heterocycles. The summed E-state index contributed by atoms with van der Waals surface area (Å²) >= 11 is 0. The molecule has 25 heavy (non-hydrogen) atoms. The number of aromatic nitrogens is 1. The quantitative estimate of drug-likeness (QED) is 0.743. The Hall–Kier alpha value is -3.02. The Bertz CT molecular complexity index is 889. The van der Waals surface area contributed by atoms with Gasteiger partial charge >= 0.3 is 0 Å². The summed E-state index contributed by atoms with van der Waals surface area (Å²) in [6, 6.07) is 10.1. The second-order valence-corrected chi connectivity index (χ2v) is 5.63. The van der Waals surface area contributed by atoms with Gasteiger partial charge in [-0.05, 0) is 55.0 Å². The Morgan fingerprint density at radius 2 is 1.84 bits per heavy atom. The van der Waals surface area contributed by atoms with Gasteiger partial charge in [-0.25, -0.2) is 13.8 Å². The van der Waals surface area contributed by atoms with Gasteiger partial charge in [0.05, 0.1) is 6.20 Å². The third-order valence-corrected chi connectivity index (χ3v) is 3.71. The Morgan fingerprint density at radius 1 is 1.12 bits per heavy atom. The van der Waals surface area contributed by atoms with Gasteiger partial charge in [-0.2, -0.15) is 0 Å². The van der Waals surface area contributed by atoms with Crippen molar-refractivity contribution in [3.05, 3.63) is 71.8 Å². The standard InChI is InChI=1S/C19H16F2N2O2/c1-12-10-15(21)6-7-16(12)23-18(24)8-9-19-22-11-17(25-19)13-2-4-14(20)5-3-13/h2-7,10-11H,8-9H2,1H3,(H,23,24). The lowest BCUT2D eigenvalue weighted by molar-refractivity contribution is -0.116. The second-order valence-electron chi connectivity index (χ2n) is 5.63. The van der Waals surface area contributed by atoms with Gasteiger partial charge < -0.3 is 9.73 Å². The average molecular weight is 342 g/mol. The number of aryl methyl sites for hydroxylation is 2. The average Bonchev–Trinajstić information content (AvgIpc) is 3.05. The van der Waals surface area contributed by atoms with Gasteiger partial charge in [-0.1, -0.05) is 0 Å². The van der Waals surface area contributed by atoms with Crippen molar-refractivity contribution in [2.75, 3.05) is 5.32 Å². The fraction of sp³-hybridized carbons (Fsp3) is 0.158. The van der Waals surface area contributed by atoms with Gasteiger partial charge in [-0.3, -0.25) is 4.79 Å². The molecule has 1 amide bonds. The zero-order valence-electron chi connectivity index (χ0n) is 13.6. The molecule has 2 aromatic carbocycles. The van der Waals surface area contributed by atoms with E-state index in [1.807, 2.05) is 0 Å². The van der Waals surface area contributed by atoms with Gasteiger partial charge in [-0.15, -0.1) is 0 Å². The van der Waals surface area contributed by atoms with Gasteiger partial charge in [0.2, 0.25) is 5.91 Å². The number of anilines is 1. The van der Waals surface area contributed by atoms with Crippen molar-refractivity contribution in [1.29, 1.82) is 0 Å². The number of carbonyl (C=O) groups is 1. The van der Waals surface area contributed by atoms with Crippen molar-refractivity contribution in [2.45, 2.75) is 19.8 Å². The van der Waals surface area contributed by atoms with Crippen molar-refractivity contribution >= 4 is 11.6 Å². The summed E-state index contributed by atoms with van der Waals surface area (Å²) in [5.41, 5.74) is 1.94. The van der Waals surface area contributed by atoms with Gasteiger partial charge in [0.1, 0.15) is 11.6 Å². The Labute approximate surface area is 143 Å². The highest BCUT2D eigenvalue weighted by Crippen LogP contribution is 2.21. The molecule has 0 saturated carbocycles.